The lowest BCUT2D eigenvalue weighted by Crippen LogP contribution is -2.60. The minimum absolute atomic E-state index is 0.00122. The lowest BCUT2D eigenvalue weighted by Gasteiger charge is -2.51. The molecule has 3 unspecified atom stereocenters. The second kappa shape index (κ2) is 15.1. The first-order valence-corrected chi connectivity index (χ1v) is 31.7. The van der Waals surface area contributed by atoms with Gasteiger partial charge >= 0.3 is 0 Å². The zero-order valence-electron chi connectivity index (χ0n) is 51.1. The van der Waals surface area contributed by atoms with Gasteiger partial charge in [0.1, 0.15) is 0 Å². The van der Waals surface area contributed by atoms with Crippen LogP contribution in [0.1, 0.15) is 211 Å². The predicted molar refractivity (Wildman–Crippen MR) is 347 cm³/mol. The van der Waals surface area contributed by atoms with Crippen LogP contribution in [-0.2, 0) is 37.9 Å². The van der Waals surface area contributed by atoms with E-state index >= 15 is 0 Å². The Morgan fingerprint density at radius 2 is 1.11 bits per heavy atom. The van der Waals surface area contributed by atoms with Gasteiger partial charge in [-0.25, -0.2) is 0 Å². The van der Waals surface area contributed by atoms with Gasteiger partial charge in [0.25, 0.3) is 6.71 Å². The summed E-state index contributed by atoms with van der Waals surface area (Å²) in [6, 6.07) is 39.4. The van der Waals surface area contributed by atoms with Gasteiger partial charge in [-0.2, -0.15) is 0 Å². The third-order valence-corrected chi connectivity index (χ3v) is 24.4. The fraction of sp³-hybridized carbons (Fsp3) is 0.440. The molecule has 0 amide bonds. The van der Waals surface area contributed by atoms with Crippen LogP contribution in [0.25, 0.3) is 47.7 Å². The number of hydrogen-bond donors (Lipinski definition) is 0. The molecule has 2 aromatic heterocycles. The fourth-order valence-electron chi connectivity index (χ4n) is 18.4. The first-order chi connectivity index (χ1) is 37.6. The molecule has 7 aromatic carbocycles. The lowest BCUT2D eigenvalue weighted by molar-refractivity contribution is 0.195. The molecule has 5 heteroatoms. The highest BCUT2D eigenvalue weighted by atomic mass is 32.1. The molecule has 3 aliphatic carbocycles. The summed E-state index contributed by atoms with van der Waals surface area (Å²) in [7, 11) is 0. The average Bonchev–Trinajstić information content (AvgIpc) is 3.06. The Morgan fingerprint density at radius 3 is 1.84 bits per heavy atom. The van der Waals surface area contributed by atoms with Crippen molar-refractivity contribution in [2.75, 3.05) is 9.80 Å². The molecule has 9 aromatic rings. The van der Waals surface area contributed by atoms with Gasteiger partial charge in [0, 0.05) is 70.5 Å². The lowest BCUT2D eigenvalue weighted by atomic mass is 9.33. The predicted octanol–water partition coefficient (Wildman–Crippen LogP) is 18.8. The Hall–Kier alpha value is -5.78. The molecule has 406 valence electrons. The summed E-state index contributed by atoms with van der Waals surface area (Å²) in [5.41, 5.74) is 29.6. The summed E-state index contributed by atoms with van der Waals surface area (Å²) in [4.78, 5) is 5.70. The summed E-state index contributed by atoms with van der Waals surface area (Å²) in [6.45, 7) is 42.6. The Kier molecular flexibility index (Phi) is 9.41. The van der Waals surface area contributed by atoms with Crippen LogP contribution in [0.5, 0.6) is 0 Å². The molecule has 0 spiro atoms. The van der Waals surface area contributed by atoms with Gasteiger partial charge in [0.2, 0.25) is 0 Å². The first-order valence-electron chi connectivity index (χ1n) is 30.8. The third kappa shape index (κ3) is 5.99. The van der Waals surface area contributed by atoms with E-state index in [1.807, 2.05) is 11.3 Å². The van der Waals surface area contributed by atoms with Crippen LogP contribution in [0.2, 0.25) is 0 Å². The van der Waals surface area contributed by atoms with Crippen molar-refractivity contribution in [2.24, 2.45) is 0 Å². The molecule has 3 atom stereocenters. The first kappa shape index (κ1) is 50.0. The highest BCUT2D eigenvalue weighted by Crippen LogP contribution is 2.64. The quantitative estimate of drug-likeness (QED) is 0.140. The number of aryl methyl sites for hydroxylation is 2. The van der Waals surface area contributed by atoms with Crippen molar-refractivity contribution in [1.29, 1.82) is 0 Å². The molecule has 6 bridgehead atoms. The van der Waals surface area contributed by atoms with E-state index < -0.39 is 0 Å². The minimum Gasteiger partial charge on any atom is -0.334 e. The van der Waals surface area contributed by atoms with Crippen LogP contribution >= 0.6 is 11.3 Å². The summed E-state index contributed by atoms with van der Waals surface area (Å²) in [6.07, 6.45) is 9.52. The fourth-order valence-corrected chi connectivity index (χ4v) is 19.5. The second-order valence-electron chi connectivity index (χ2n) is 31.6. The Bertz CT molecular complexity index is 4350. The Labute approximate surface area is 481 Å². The van der Waals surface area contributed by atoms with Crippen LogP contribution in [0.4, 0.5) is 28.4 Å². The molecule has 0 saturated heterocycles. The number of hydrogen-bond acceptors (Lipinski definition) is 3. The number of anilines is 5. The smallest absolute Gasteiger partial charge is 0.252 e. The molecular weight excluding hydrogens is 986 g/mol. The van der Waals surface area contributed by atoms with Crippen molar-refractivity contribution < 1.29 is 0 Å². The Morgan fingerprint density at radius 1 is 0.487 bits per heavy atom. The van der Waals surface area contributed by atoms with Gasteiger partial charge in [-0.15, -0.1) is 11.3 Å². The SMILES string of the molecule is Cc1cc2c3c(c1)-n1c4cc5c(cc4c4c(C(C)(C)C)ccc6sc7ccc(c1c7c64)B3c1ccc3cc1N2c1cc2c(cc1C)C(C)(C)CCC2(C)c1cc2c(cc1C(C)(C)C)C1(C)CCCCC1(C)N32)C(C)(C)CCC5(C)C. The molecule has 4 aliphatic heterocycles. The van der Waals surface area contributed by atoms with Gasteiger partial charge in [0.15, 0.2) is 0 Å². The molecule has 1 fully saturated rings. The van der Waals surface area contributed by atoms with E-state index in [1.54, 1.807) is 5.56 Å². The molecule has 0 N–H and O–H groups in total. The number of nitrogens with zero attached hydrogens (tertiary/aromatic N) is 3. The molecule has 6 heterocycles. The van der Waals surface area contributed by atoms with Crippen molar-refractivity contribution in [1.82, 2.24) is 4.57 Å². The number of benzene rings is 7. The van der Waals surface area contributed by atoms with E-state index in [4.69, 9.17) is 0 Å². The van der Waals surface area contributed by atoms with Crippen molar-refractivity contribution in [2.45, 2.75) is 213 Å². The summed E-state index contributed by atoms with van der Waals surface area (Å²) >= 11 is 2.00. The van der Waals surface area contributed by atoms with E-state index in [1.165, 1.54) is 181 Å². The maximum Gasteiger partial charge on any atom is 0.252 e. The summed E-state index contributed by atoms with van der Waals surface area (Å²) in [5.74, 6) is 0. The van der Waals surface area contributed by atoms with Crippen LogP contribution < -0.4 is 26.2 Å². The molecule has 7 aliphatic rings. The van der Waals surface area contributed by atoms with E-state index in [2.05, 4.69) is 223 Å². The normalized spacial score (nSPS) is 24.3. The van der Waals surface area contributed by atoms with Crippen LogP contribution in [-0.4, -0.2) is 16.8 Å². The second-order valence-corrected chi connectivity index (χ2v) is 32.6. The number of fused-ring (bicyclic) bond motifs is 17. The standard InChI is InChI=1S/C75H82BN3S/c1-41-32-59-66-60(33-41)78-56-38-49-48(70(9,10)28-29-71(49,11)12)36-44(56)63-45(68(3,4)5)21-24-61-64(63)65-62(80-61)25-23-54(67(65)78)76(66)53-22-20-43-35-58(53)77(59)55-39-51-47(34-42(55)2)72(13,14)30-31-73(51,15)50-40-57-52(37-46(50)69(6,7)8)74(16)26-18-19-27-75(74,17)79(43)57/h20-25,32-40H,18-19,26-31H2,1-17H3. The van der Waals surface area contributed by atoms with Crippen molar-refractivity contribution in [3.8, 4) is 5.69 Å². The molecule has 1 saturated carbocycles. The van der Waals surface area contributed by atoms with Crippen molar-refractivity contribution in [3.63, 3.8) is 0 Å². The van der Waals surface area contributed by atoms with Gasteiger partial charge in [-0.1, -0.05) is 140 Å². The molecule has 3 nitrogen and oxygen atoms in total. The van der Waals surface area contributed by atoms with Gasteiger partial charge < -0.3 is 14.4 Å². The highest BCUT2D eigenvalue weighted by molar-refractivity contribution is 7.26. The van der Waals surface area contributed by atoms with Crippen LogP contribution in [0.15, 0.2) is 91.0 Å². The van der Waals surface area contributed by atoms with Gasteiger partial charge in [-0.3, -0.25) is 0 Å². The topological polar surface area (TPSA) is 11.4 Å². The van der Waals surface area contributed by atoms with E-state index in [-0.39, 0.29) is 50.2 Å². The zero-order valence-corrected chi connectivity index (χ0v) is 52.0. The molecule has 0 radical (unpaired) electrons. The highest BCUT2D eigenvalue weighted by Gasteiger charge is 2.59. The summed E-state index contributed by atoms with van der Waals surface area (Å²) < 4.78 is 5.61. The number of rotatable bonds is 0. The Balaban J connectivity index is 1.10. The molecular formula is C75H82BN3S. The van der Waals surface area contributed by atoms with E-state index in [0.29, 0.717) is 0 Å². The van der Waals surface area contributed by atoms with Crippen LogP contribution in [0, 0.1) is 13.8 Å². The maximum atomic E-state index is 2.90. The summed E-state index contributed by atoms with van der Waals surface area (Å²) in [5, 5.41) is 5.72. The average molecular weight is 1070 g/mol. The van der Waals surface area contributed by atoms with E-state index in [0.717, 1.165) is 12.8 Å². The number of aromatic nitrogens is 1. The zero-order chi connectivity index (χ0) is 55.9. The van der Waals surface area contributed by atoms with Crippen LogP contribution in [0.3, 0.4) is 0 Å². The van der Waals surface area contributed by atoms with Gasteiger partial charge in [-0.05, 0) is 224 Å². The number of thiophene rings is 1. The van der Waals surface area contributed by atoms with Gasteiger partial charge in [0.05, 0.1) is 16.6 Å². The molecule has 80 heavy (non-hydrogen) atoms. The maximum absolute atomic E-state index is 2.90. The van der Waals surface area contributed by atoms with E-state index in [9.17, 15) is 0 Å². The largest absolute Gasteiger partial charge is 0.334 e. The minimum atomic E-state index is -0.208. The molecule has 16 rings (SSSR count). The van der Waals surface area contributed by atoms with Crippen molar-refractivity contribution in [3.05, 3.63) is 147 Å². The third-order valence-electron chi connectivity index (χ3n) is 23.3. The monoisotopic (exact) mass is 1070 g/mol. The van der Waals surface area contributed by atoms with Crippen molar-refractivity contribution >= 4 is 105 Å².